The normalized spacial score (nSPS) is 27.5. The molecular weight excluding hydrogens is 410 g/mol. The van der Waals surface area contributed by atoms with Crippen molar-refractivity contribution < 1.29 is 9.53 Å². The minimum Gasteiger partial charge on any atom is -0.471 e. The Morgan fingerprint density at radius 2 is 1.55 bits per heavy atom. The van der Waals surface area contributed by atoms with Gasteiger partial charge in [0.1, 0.15) is 11.4 Å². The third kappa shape index (κ3) is 4.29. The molecule has 0 atom stereocenters. The Morgan fingerprint density at radius 3 is 2.21 bits per heavy atom. The van der Waals surface area contributed by atoms with Crippen molar-refractivity contribution in [2.45, 2.75) is 45.3 Å². The van der Waals surface area contributed by atoms with Crippen molar-refractivity contribution in [1.29, 1.82) is 0 Å². The molecule has 4 fully saturated rings. The molecule has 0 spiro atoms. The average Bonchev–Trinajstić information content (AvgIpc) is 3.31. The Hall–Kier alpha value is -3.08. The standard InChI is InChI=1S/C28H31N3O2/c32-27(29-18-28-15-20-12-21(16-28)14-22(13-20)17-28)26-10-11-31(30-26)19-33-25-8-6-24(7-9-25)23-4-2-1-3-5-23/h1-11,20-22H,12-19H2,(H,29,32). The summed E-state index contributed by atoms with van der Waals surface area (Å²) in [7, 11) is 0. The van der Waals surface area contributed by atoms with Crippen LogP contribution in [0.5, 0.6) is 5.75 Å². The molecule has 1 amide bonds. The van der Waals surface area contributed by atoms with Crippen molar-refractivity contribution in [2.75, 3.05) is 6.54 Å². The third-order valence-electron chi connectivity index (χ3n) is 7.99. The van der Waals surface area contributed by atoms with Crippen LogP contribution >= 0.6 is 0 Å². The van der Waals surface area contributed by atoms with Gasteiger partial charge in [-0.2, -0.15) is 5.10 Å². The number of ether oxygens (including phenoxy) is 1. The molecule has 0 saturated heterocycles. The molecule has 0 unspecified atom stereocenters. The Balaban J connectivity index is 1.02. The summed E-state index contributed by atoms with van der Waals surface area (Å²) in [5.41, 5.74) is 3.13. The van der Waals surface area contributed by atoms with Crippen LogP contribution in [-0.2, 0) is 6.73 Å². The van der Waals surface area contributed by atoms with Crippen LogP contribution in [0.15, 0.2) is 66.9 Å². The van der Waals surface area contributed by atoms with Crippen molar-refractivity contribution in [3.63, 3.8) is 0 Å². The van der Waals surface area contributed by atoms with Crippen LogP contribution < -0.4 is 10.1 Å². The predicted octanol–water partition coefficient (Wildman–Crippen LogP) is 5.53. The summed E-state index contributed by atoms with van der Waals surface area (Å²) < 4.78 is 7.54. The van der Waals surface area contributed by atoms with Gasteiger partial charge in [0.2, 0.25) is 0 Å². The molecule has 7 rings (SSSR count). The SMILES string of the molecule is O=C(NCC12CC3CC(CC(C3)C1)C2)c1ccn(COc2ccc(-c3ccccc3)cc2)n1. The van der Waals surface area contributed by atoms with Gasteiger partial charge in [-0.15, -0.1) is 0 Å². The molecule has 1 N–H and O–H groups in total. The molecule has 170 valence electrons. The van der Waals surface area contributed by atoms with Crippen molar-refractivity contribution in [3.05, 3.63) is 72.6 Å². The van der Waals surface area contributed by atoms with E-state index in [0.717, 1.165) is 35.6 Å². The number of nitrogens with one attached hydrogen (secondary N) is 1. The molecule has 2 aromatic carbocycles. The minimum atomic E-state index is -0.0725. The van der Waals surface area contributed by atoms with Crippen molar-refractivity contribution >= 4 is 5.91 Å². The number of amides is 1. The Bertz CT molecular complexity index is 1080. The lowest BCUT2D eigenvalue weighted by Crippen LogP contribution is -2.51. The van der Waals surface area contributed by atoms with Gasteiger partial charge in [0.15, 0.2) is 6.73 Å². The van der Waals surface area contributed by atoms with Gasteiger partial charge in [-0.05, 0) is 91.0 Å². The quantitative estimate of drug-likeness (QED) is 0.524. The fourth-order valence-corrected chi connectivity index (χ4v) is 6.93. The van der Waals surface area contributed by atoms with Gasteiger partial charge < -0.3 is 10.1 Å². The molecule has 0 aliphatic heterocycles. The summed E-state index contributed by atoms with van der Waals surface area (Å²) in [6, 6.07) is 20.1. The average molecular weight is 442 g/mol. The molecule has 5 heteroatoms. The van der Waals surface area contributed by atoms with E-state index in [-0.39, 0.29) is 12.6 Å². The number of benzene rings is 2. The second-order valence-electron chi connectivity index (χ2n) is 10.5. The van der Waals surface area contributed by atoms with E-state index in [4.69, 9.17) is 4.74 Å². The van der Waals surface area contributed by atoms with Crippen LogP contribution in [0, 0.1) is 23.2 Å². The van der Waals surface area contributed by atoms with Crippen molar-refractivity contribution in [3.8, 4) is 16.9 Å². The van der Waals surface area contributed by atoms with Crippen LogP contribution in [0.2, 0.25) is 0 Å². The highest BCUT2D eigenvalue weighted by Crippen LogP contribution is 2.59. The maximum Gasteiger partial charge on any atom is 0.271 e. The highest BCUT2D eigenvalue weighted by molar-refractivity contribution is 5.92. The summed E-state index contributed by atoms with van der Waals surface area (Å²) in [6.07, 6.45) is 9.96. The first-order valence-corrected chi connectivity index (χ1v) is 12.2. The summed E-state index contributed by atoms with van der Waals surface area (Å²) in [6.45, 7) is 1.07. The highest BCUT2D eigenvalue weighted by atomic mass is 16.5. The molecule has 33 heavy (non-hydrogen) atoms. The molecule has 1 heterocycles. The lowest BCUT2D eigenvalue weighted by molar-refractivity contribution is -0.0503. The van der Waals surface area contributed by atoms with Gasteiger partial charge in [0.05, 0.1) is 0 Å². The largest absolute Gasteiger partial charge is 0.471 e. The molecule has 0 radical (unpaired) electrons. The van der Waals surface area contributed by atoms with E-state index in [1.807, 2.05) is 30.3 Å². The van der Waals surface area contributed by atoms with Crippen LogP contribution in [0.25, 0.3) is 11.1 Å². The van der Waals surface area contributed by atoms with Crippen LogP contribution in [0.1, 0.15) is 49.0 Å². The molecule has 4 aliphatic carbocycles. The van der Waals surface area contributed by atoms with Gasteiger partial charge in [0, 0.05) is 12.7 Å². The van der Waals surface area contributed by atoms with Gasteiger partial charge in [0.25, 0.3) is 5.91 Å². The monoisotopic (exact) mass is 441 g/mol. The minimum absolute atomic E-state index is 0.0725. The Kier molecular flexibility index (Phi) is 5.20. The van der Waals surface area contributed by atoms with E-state index >= 15 is 0 Å². The van der Waals surface area contributed by atoms with E-state index < -0.39 is 0 Å². The van der Waals surface area contributed by atoms with Crippen LogP contribution in [-0.4, -0.2) is 22.2 Å². The lowest BCUT2D eigenvalue weighted by atomic mass is 9.49. The first kappa shape index (κ1) is 20.5. The number of carbonyl (C=O) groups is 1. The first-order chi connectivity index (χ1) is 16.1. The highest BCUT2D eigenvalue weighted by Gasteiger charge is 2.50. The topological polar surface area (TPSA) is 56.2 Å². The lowest BCUT2D eigenvalue weighted by Gasteiger charge is -2.56. The first-order valence-electron chi connectivity index (χ1n) is 12.2. The Morgan fingerprint density at radius 1 is 0.909 bits per heavy atom. The third-order valence-corrected chi connectivity index (χ3v) is 7.99. The zero-order valence-corrected chi connectivity index (χ0v) is 19.0. The van der Waals surface area contributed by atoms with Gasteiger partial charge in [-0.1, -0.05) is 42.5 Å². The number of hydrogen-bond acceptors (Lipinski definition) is 3. The predicted molar refractivity (Wildman–Crippen MR) is 128 cm³/mol. The molecule has 3 aromatic rings. The molecule has 5 nitrogen and oxygen atoms in total. The molecule has 4 saturated carbocycles. The Labute approximate surface area is 195 Å². The maximum atomic E-state index is 12.8. The number of rotatable bonds is 7. The van der Waals surface area contributed by atoms with Crippen LogP contribution in [0.3, 0.4) is 0 Å². The number of hydrogen-bond donors (Lipinski definition) is 1. The molecule has 1 aromatic heterocycles. The number of carbonyl (C=O) groups excluding carboxylic acids is 1. The second kappa shape index (κ2) is 8.36. The van der Waals surface area contributed by atoms with Crippen LogP contribution in [0.4, 0.5) is 0 Å². The van der Waals surface area contributed by atoms with E-state index in [2.05, 4.69) is 34.7 Å². The van der Waals surface area contributed by atoms with Gasteiger partial charge in [-0.3, -0.25) is 4.79 Å². The summed E-state index contributed by atoms with van der Waals surface area (Å²) in [5.74, 6) is 3.39. The van der Waals surface area contributed by atoms with E-state index in [1.54, 1.807) is 16.9 Å². The summed E-state index contributed by atoms with van der Waals surface area (Å²) >= 11 is 0. The van der Waals surface area contributed by atoms with Gasteiger partial charge >= 0.3 is 0 Å². The molecule has 4 bridgehead atoms. The molecule has 4 aliphatic rings. The summed E-state index contributed by atoms with van der Waals surface area (Å²) in [4.78, 5) is 12.8. The molecular formula is C28H31N3O2. The fraction of sp³-hybridized carbons (Fsp3) is 0.429. The number of nitrogens with zero attached hydrogens (tertiary/aromatic N) is 2. The zero-order chi connectivity index (χ0) is 22.3. The van der Waals surface area contributed by atoms with E-state index in [9.17, 15) is 4.79 Å². The van der Waals surface area contributed by atoms with E-state index in [1.165, 1.54) is 44.1 Å². The van der Waals surface area contributed by atoms with Gasteiger partial charge in [-0.25, -0.2) is 4.68 Å². The zero-order valence-electron chi connectivity index (χ0n) is 19.0. The second-order valence-corrected chi connectivity index (χ2v) is 10.5. The van der Waals surface area contributed by atoms with Crippen molar-refractivity contribution in [2.24, 2.45) is 23.2 Å². The fourth-order valence-electron chi connectivity index (χ4n) is 6.93. The maximum absolute atomic E-state index is 12.8. The number of aromatic nitrogens is 2. The van der Waals surface area contributed by atoms with E-state index in [0.29, 0.717) is 11.1 Å². The summed E-state index contributed by atoms with van der Waals surface area (Å²) in [5, 5.41) is 7.64. The van der Waals surface area contributed by atoms with Crippen molar-refractivity contribution in [1.82, 2.24) is 15.1 Å². The smallest absolute Gasteiger partial charge is 0.271 e.